The number of carbonyl (C=O) groups excluding carboxylic acids is 1. The summed E-state index contributed by atoms with van der Waals surface area (Å²) in [4.78, 5) is 23.8. The molecule has 1 saturated carbocycles. The predicted molar refractivity (Wildman–Crippen MR) is 56.4 cm³/mol. The van der Waals surface area contributed by atoms with Gasteiger partial charge in [0.15, 0.2) is 0 Å². The zero-order valence-electron chi connectivity index (χ0n) is 9.40. The van der Waals surface area contributed by atoms with Gasteiger partial charge in [-0.25, -0.2) is 0 Å². The van der Waals surface area contributed by atoms with Crippen molar-refractivity contribution in [3.8, 4) is 0 Å². The van der Waals surface area contributed by atoms with Gasteiger partial charge < -0.3 is 10.0 Å². The van der Waals surface area contributed by atoms with E-state index in [0.29, 0.717) is 12.5 Å². The smallest absolute Gasteiger partial charge is 0.315 e. The first-order valence-corrected chi connectivity index (χ1v) is 5.50. The molecule has 0 radical (unpaired) electrons. The minimum absolute atomic E-state index is 0.283. The van der Waals surface area contributed by atoms with Gasteiger partial charge in [0, 0.05) is 13.6 Å². The third kappa shape index (κ3) is 3.22. The van der Waals surface area contributed by atoms with Crippen molar-refractivity contribution >= 4 is 11.9 Å². The number of nitrogens with zero attached hydrogens (tertiary/aromatic N) is 1. The fourth-order valence-corrected chi connectivity index (χ4v) is 2.11. The Morgan fingerprint density at radius 1 is 1.40 bits per heavy atom. The number of carboxylic acids is 1. The van der Waals surface area contributed by atoms with Crippen molar-refractivity contribution in [2.75, 3.05) is 13.6 Å². The molecule has 1 aliphatic rings. The van der Waals surface area contributed by atoms with E-state index in [-0.39, 0.29) is 5.91 Å². The minimum Gasteiger partial charge on any atom is -0.481 e. The first kappa shape index (κ1) is 12.0. The SMILES string of the molecule is CC(C(=O)O)C(=O)N(C)CC1CCCC1. The maximum absolute atomic E-state index is 11.6. The topological polar surface area (TPSA) is 57.6 Å². The Morgan fingerprint density at radius 2 is 1.93 bits per heavy atom. The summed E-state index contributed by atoms with van der Waals surface area (Å²) in [6.07, 6.45) is 4.81. The van der Waals surface area contributed by atoms with Crippen molar-refractivity contribution in [2.45, 2.75) is 32.6 Å². The van der Waals surface area contributed by atoms with Crippen LogP contribution in [0.2, 0.25) is 0 Å². The van der Waals surface area contributed by atoms with Gasteiger partial charge in [0.05, 0.1) is 0 Å². The number of carboxylic acid groups (broad SMARTS) is 1. The van der Waals surface area contributed by atoms with E-state index in [0.717, 1.165) is 0 Å². The molecule has 1 amide bonds. The van der Waals surface area contributed by atoms with Crippen molar-refractivity contribution in [3.63, 3.8) is 0 Å². The molecule has 86 valence electrons. The largest absolute Gasteiger partial charge is 0.481 e. The first-order valence-electron chi connectivity index (χ1n) is 5.50. The molecule has 0 aromatic carbocycles. The van der Waals surface area contributed by atoms with Crippen LogP contribution in [-0.2, 0) is 9.59 Å². The van der Waals surface area contributed by atoms with Gasteiger partial charge in [-0.1, -0.05) is 12.8 Å². The molecule has 4 heteroatoms. The molecule has 1 fully saturated rings. The third-order valence-electron chi connectivity index (χ3n) is 3.12. The molecular formula is C11H19NO3. The highest BCUT2D eigenvalue weighted by molar-refractivity contribution is 5.96. The fraction of sp³-hybridized carbons (Fsp3) is 0.818. The van der Waals surface area contributed by atoms with E-state index in [2.05, 4.69) is 0 Å². The zero-order chi connectivity index (χ0) is 11.4. The quantitative estimate of drug-likeness (QED) is 0.717. The van der Waals surface area contributed by atoms with Crippen LogP contribution < -0.4 is 0 Å². The van der Waals surface area contributed by atoms with Gasteiger partial charge in [0.25, 0.3) is 0 Å². The summed E-state index contributed by atoms with van der Waals surface area (Å²) in [7, 11) is 1.69. The maximum Gasteiger partial charge on any atom is 0.315 e. The molecule has 0 bridgehead atoms. The van der Waals surface area contributed by atoms with E-state index >= 15 is 0 Å². The summed E-state index contributed by atoms with van der Waals surface area (Å²) in [5, 5.41) is 8.71. The molecule has 0 aliphatic heterocycles. The monoisotopic (exact) mass is 213 g/mol. The summed E-state index contributed by atoms with van der Waals surface area (Å²) in [6, 6.07) is 0. The number of rotatable bonds is 4. The van der Waals surface area contributed by atoms with Gasteiger partial charge >= 0.3 is 5.97 Å². The maximum atomic E-state index is 11.6. The highest BCUT2D eigenvalue weighted by atomic mass is 16.4. The van der Waals surface area contributed by atoms with Gasteiger partial charge in [-0.15, -0.1) is 0 Å². The van der Waals surface area contributed by atoms with E-state index in [9.17, 15) is 9.59 Å². The second-order valence-corrected chi connectivity index (χ2v) is 4.43. The van der Waals surface area contributed by atoms with Crippen molar-refractivity contribution in [1.82, 2.24) is 4.90 Å². The van der Waals surface area contributed by atoms with Crippen LogP contribution in [0.1, 0.15) is 32.6 Å². The van der Waals surface area contributed by atoms with Crippen molar-refractivity contribution in [2.24, 2.45) is 11.8 Å². The molecule has 1 N–H and O–H groups in total. The van der Waals surface area contributed by atoms with Gasteiger partial charge in [0.1, 0.15) is 5.92 Å². The highest BCUT2D eigenvalue weighted by Crippen LogP contribution is 2.25. The summed E-state index contributed by atoms with van der Waals surface area (Å²) in [6.45, 7) is 2.15. The Bertz CT molecular complexity index is 246. The van der Waals surface area contributed by atoms with Crippen molar-refractivity contribution in [3.05, 3.63) is 0 Å². The Morgan fingerprint density at radius 3 is 2.40 bits per heavy atom. The van der Waals surface area contributed by atoms with Crippen molar-refractivity contribution in [1.29, 1.82) is 0 Å². The average molecular weight is 213 g/mol. The third-order valence-corrected chi connectivity index (χ3v) is 3.12. The Hall–Kier alpha value is -1.06. The second kappa shape index (κ2) is 5.14. The molecule has 0 saturated heterocycles. The van der Waals surface area contributed by atoms with Gasteiger partial charge in [-0.05, 0) is 25.7 Å². The number of amides is 1. The zero-order valence-corrected chi connectivity index (χ0v) is 9.40. The average Bonchev–Trinajstić information content (AvgIpc) is 2.67. The van der Waals surface area contributed by atoms with E-state index in [1.807, 2.05) is 0 Å². The molecule has 0 spiro atoms. The Kier molecular flexibility index (Phi) is 4.12. The highest BCUT2D eigenvalue weighted by Gasteiger charge is 2.26. The van der Waals surface area contributed by atoms with Crippen LogP contribution in [0.3, 0.4) is 0 Å². The Balaban J connectivity index is 2.41. The first-order chi connectivity index (χ1) is 7.02. The molecular weight excluding hydrogens is 194 g/mol. The normalized spacial score (nSPS) is 18.8. The summed E-state index contributed by atoms with van der Waals surface area (Å²) in [5.41, 5.74) is 0. The number of hydrogen-bond acceptors (Lipinski definition) is 2. The van der Waals surface area contributed by atoms with Crippen LogP contribution in [0.5, 0.6) is 0 Å². The van der Waals surface area contributed by atoms with Gasteiger partial charge in [0.2, 0.25) is 5.91 Å². The molecule has 1 aliphatic carbocycles. The fourth-order valence-electron chi connectivity index (χ4n) is 2.11. The number of hydrogen-bond donors (Lipinski definition) is 1. The second-order valence-electron chi connectivity index (χ2n) is 4.43. The molecule has 0 aromatic rings. The molecule has 1 unspecified atom stereocenters. The molecule has 15 heavy (non-hydrogen) atoms. The van der Waals surface area contributed by atoms with E-state index < -0.39 is 11.9 Å². The van der Waals surface area contributed by atoms with Crippen LogP contribution >= 0.6 is 0 Å². The Labute approximate surface area is 90.3 Å². The minimum atomic E-state index is -1.04. The van der Waals surface area contributed by atoms with Crippen LogP contribution in [0, 0.1) is 11.8 Å². The van der Waals surface area contributed by atoms with Crippen LogP contribution in [0.4, 0.5) is 0 Å². The van der Waals surface area contributed by atoms with Crippen LogP contribution in [0.15, 0.2) is 0 Å². The number of carbonyl (C=O) groups is 2. The molecule has 1 atom stereocenters. The van der Waals surface area contributed by atoms with E-state index in [1.165, 1.54) is 32.6 Å². The van der Waals surface area contributed by atoms with Crippen LogP contribution in [-0.4, -0.2) is 35.5 Å². The predicted octanol–water partition coefficient (Wildman–Crippen LogP) is 1.36. The lowest BCUT2D eigenvalue weighted by Gasteiger charge is -2.22. The molecule has 0 aromatic heterocycles. The standard InChI is InChI=1S/C11H19NO3/c1-8(11(14)15)10(13)12(2)7-9-5-3-4-6-9/h8-9H,3-7H2,1-2H3,(H,14,15). The molecule has 0 heterocycles. The number of aliphatic carboxylic acids is 1. The van der Waals surface area contributed by atoms with E-state index in [4.69, 9.17) is 5.11 Å². The van der Waals surface area contributed by atoms with E-state index in [1.54, 1.807) is 11.9 Å². The summed E-state index contributed by atoms with van der Waals surface area (Å²) < 4.78 is 0. The summed E-state index contributed by atoms with van der Waals surface area (Å²) in [5.74, 6) is -1.68. The molecule has 4 nitrogen and oxygen atoms in total. The lowest BCUT2D eigenvalue weighted by Crippen LogP contribution is -2.37. The lowest BCUT2D eigenvalue weighted by molar-refractivity contribution is -0.149. The summed E-state index contributed by atoms with van der Waals surface area (Å²) >= 11 is 0. The van der Waals surface area contributed by atoms with Gasteiger partial charge in [-0.3, -0.25) is 9.59 Å². The van der Waals surface area contributed by atoms with Crippen LogP contribution in [0.25, 0.3) is 0 Å². The van der Waals surface area contributed by atoms with Crippen molar-refractivity contribution < 1.29 is 14.7 Å². The van der Waals surface area contributed by atoms with Gasteiger partial charge in [-0.2, -0.15) is 0 Å². The lowest BCUT2D eigenvalue weighted by atomic mass is 10.1. The molecule has 1 rings (SSSR count).